The van der Waals surface area contributed by atoms with Gasteiger partial charge in [-0.05, 0) is 19.3 Å². The highest BCUT2D eigenvalue weighted by Crippen LogP contribution is 2.35. The summed E-state index contributed by atoms with van der Waals surface area (Å²) >= 11 is 1.55. The van der Waals surface area contributed by atoms with E-state index >= 15 is 0 Å². The highest BCUT2D eigenvalue weighted by Gasteiger charge is 2.21. The first-order valence-corrected chi connectivity index (χ1v) is 8.16. The van der Waals surface area contributed by atoms with Crippen molar-refractivity contribution in [2.24, 2.45) is 5.92 Å². The highest BCUT2D eigenvalue weighted by molar-refractivity contribution is 7.15. The quantitative estimate of drug-likeness (QED) is 0.888. The van der Waals surface area contributed by atoms with Crippen LogP contribution in [0, 0.1) is 5.92 Å². The third kappa shape index (κ3) is 4.00. The van der Waals surface area contributed by atoms with Gasteiger partial charge in [-0.1, -0.05) is 50.9 Å². The third-order valence-electron chi connectivity index (χ3n) is 3.79. The molecule has 0 aromatic carbocycles. The van der Waals surface area contributed by atoms with E-state index in [2.05, 4.69) is 22.4 Å². The number of hydrogen-bond donors (Lipinski definition) is 1. The third-order valence-corrected chi connectivity index (χ3v) is 4.80. The Balaban J connectivity index is 1.91. The van der Waals surface area contributed by atoms with E-state index < -0.39 is 0 Å². The summed E-state index contributed by atoms with van der Waals surface area (Å²) in [6.45, 7) is 4.05. The van der Waals surface area contributed by atoms with Crippen LogP contribution in [0.15, 0.2) is 0 Å². The molecule has 1 aromatic heterocycles. The molecule has 19 heavy (non-hydrogen) atoms. The minimum atomic E-state index is 0.0482. The van der Waals surface area contributed by atoms with Crippen molar-refractivity contribution in [3.8, 4) is 0 Å². The Hall–Kier alpha value is -0.970. The zero-order chi connectivity index (χ0) is 13.7. The molecule has 1 aliphatic rings. The Kier molecular flexibility index (Phi) is 5.31. The second-order valence-corrected chi connectivity index (χ2v) is 6.47. The Bertz CT molecular complexity index is 413. The van der Waals surface area contributed by atoms with Crippen molar-refractivity contribution < 1.29 is 4.79 Å². The molecule has 0 radical (unpaired) electrons. The van der Waals surface area contributed by atoms with Crippen LogP contribution in [0.5, 0.6) is 0 Å². The van der Waals surface area contributed by atoms with Gasteiger partial charge in [-0.25, -0.2) is 0 Å². The summed E-state index contributed by atoms with van der Waals surface area (Å²) in [6.07, 6.45) is 8.30. The van der Waals surface area contributed by atoms with Crippen LogP contribution < -0.4 is 5.32 Å². The average molecular weight is 281 g/mol. The summed E-state index contributed by atoms with van der Waals surface area (Å²) in [4.78, 5) is 11.9. The number of amides is 1. The van der Waals surface area contributed by atoms with Gasteiger partial charge in [0.2, 0.25) is 11.0 Å². The lowest BCUT2D eigenvalue weighted by Crippen LogP contribution is -2.20. The zero-order valence-electron chi connectivity index (χ0n) is 11.8. The van der Waals surface area contributed by atoms with E-state index in [1.807, 2.05) is 6.92 Å². The minimum Gasteiger partial charge on any atom is -0.300 e. The van der Waals surface area contributed by atoms with E-state index in [0.717, 1.165) is 17.8 Å². The fraction of sp³-hybridized carbons (Fsp3) is 0.786. The van der Waals surface area contributed by atoms with Crippen molar-refractivity contribution in [3.63, 3.8) is 0 Å². The fourth-order valence-electron chi connectivity index (χ4n) is 2.59. The van der Waals surface area contributed by atoms with Crippen LogP contribution in [0.25, 0.3) is 0 Å². The van der Waals surface area contributed by atoms with E-state index in [1.165, 1.54) is 32.1 Å². The summed E-state index contributed by atoms with van der Waals surface area (Å²) in [6, 6.07) is 0. The van der Waals surface area contributed by atoms with Gasteiger partial charge in [0.1, 0.15) is 5.01 Å². The second-order valence-electron chi connectivity index (χ2n) is 5.46. The Morgan fingerprint density at radius 3 is 2.79 bits per heavy atom. The zero-order valence-corrected chi connectivity index (χ0v) is 12.6. The van der Waals surface area contributed by atoms with Crippen molar-refractivity contribution in [2.75, 3.05) is 5.32 Å². The highest BCUT2D eigenvalue weighted by atomic mass is 32.1. The van der Waals surface area contributed by atoms with Crippen LogP contribution >= 0.6 is 11.3 Å². The summed E-state index contributed by atoms with van der Waals surface area (Å²) in [5.74, 6) is 0.671. The predicted octanol–water partition coefficient (Wildman–Crippen LogP) is 3.96. The number of aromatic nitrogens is 2. The first kappa shape index (κ1) is 14.4. The molecule has 0 spiro atoms. The van der Waals surface area contributed by atoms with Gasteiger partial charge in [-0.2, -0.15) is 0 Å². The monoisotopic (exact) mass is 281 g/mol. The normalized spacial score (nSPS) is 18.2. The molecule has 0 saturated heterocycles. The SMILES string of the molecule is CCC[C@H](C)C(=O)Nc1nnc(C2CCCCC2)s1. The average Bonchev–Trinajstić information content (AvgIpc) is 2.88. The molecule has 1 N–H and O–H groups in total. The van der Waals surface area contributed by atoms with Gasteiger partial charge in [-0.15, -0.1) is 10.2 Å². The topological polar surface area (TPSA) is 54.9 Å². The van der Waals surface area contributed by atoms with Crippen LogP contribution in [0.4, 0.5) is 5.13 Å². The summed E-state index contributed by atoms with van der Waals surface area (Å²) in [7, 11) is 0. The summed E-state index contributed by atoms with van der Waals surface area (Å²) < 4.78 is 0. The smallest absolute Gasteiger partial charge is 0.229 e. The molecule has 1 amide bonds. The first-order chi connectivity index (χ1) is 9.20. The van der Waals surface area contributed by atoms with Gasteiger partial charge in [-0.3, -0.25) is 4.79 Å². The van der Waals surface area contributed by atoms with E-state index in [9.17, 15) is 4.79 Å². The largest absolute Gasteiger partial charge is 0.300 e. The number of nitrogens with zero attached hydrogens (tertiary/aromatic N) is 2. The lowest BCUT2D eigenvalue weighted by Gasteiger charge is -2.18. The molecule has 1 aliphatic carbocycles. The van der Waals surface area contributed by atoms with Crippen molar-refractivity contribution >= 4 is 22.4 Å². The molecule has 0 unspecified atom stereocenters. The predicted molar refractivity (Wildman–Crippen MR) is 78.4 cm³/mol. The lowest BCUT2D eigenvalue weighted by molar-refractivity contribution is -0.119. The molecular formula is C14H23N3OS. The molecule has 106 valence electrons. The number of carbonyl (C=O) groups is 1. The van der Waals surface area contributed by atoms with Gasteiger partial charge in [0.25, 0.3) is 0 Å². The number of rotatable bonds is 5. The van der Waals surface area contributed by atoms with Crippen LogP contribution in [-0.4, -0.2) is 16.1 Å². The molecule has 5 heteroatoms. The van der Waals surface area contributed by atoms with E-state index in [-0.39, 0.29) is 11.8 Å². The van der Waals surface area contributed by atoms with Crippen molar-refractivity contribution in [3.05, 3.63) is 5.01 Å². The molecule has 1 heterocycles. The molecule has 1 aromatic rings. The number of anilines is 1. The standard InChI is InChI=1S/C14H23N3OS/c1-3-7-10(2)12(18)15-14-17-16-13(19-14)11-8-5-4-6-9-11/h10-11H,3-9H2,1-2H3,(H,15,17,18)/t10-/m0/s1. The molecule has 0 aliphatic heterocycles. The molecule has 4 nitrogen and oxygen atoms in total. The molecule has 1 atom stereocenters. The number of carbonyl (C=O) groups excluding carboxylic acids is 1. The van der Waals surface area contributed by atoms with E-state index in [4.69, 9.17) is 0 Å². The fourth-order valence-corrected chi connectivity index (χ4v) is 3.51. The maximum Gasteiger partial charge on any atom is 0.229 e. The summed E-state index contributed by atoms with van der Waals surface area (Å²) in [5, 5.41) is 13.0. The Morgan fingerprint density at radius 1 is 1.37 bits per heavy atom. The molecular weight excluding hydrogens is 258 g/mol. The maximum absolute atomic E-state index is 11.9. The van der Waals surface area contributed by atoms with Gasteiger partial charge < -0.3 is 5.32 Å². The van der Waals surface area contributed by atoms with Gasteiger partial charge in [0.05, 0.1) is 0 Å². The molecule has 0 bridgehead atoms. The van der Waals surface area contributed by atoms with E-state index in [1.54, 1.807) is 11.3 Å². The molecule has 1 fully saturated rings. The lowest BCUT2D eigenvalue weighted by atomic mass is 9.90. The summed E-state index contributed by atoms with van der Waals surface area (Å²) in [5.41, 5.74) is 0. The molecule has 1 saturated carbocycles. The van der Waals surface area contributed by atoms with Crippen LogP contribution in [-0.2, 0) is 4.79 Å². The van der Waals surface area contributed by atoms with Crippen LogP contribution in [0.1, 0.15) is 69.7 Å². The maximum atomic E-state index is 11.9. The van der Waals surface area contributed by atoms with E-state index in [0.29, 0.717) is 11.0 Å². The minimum absolute atomic E-state index is 0.0482. The first-order valence-electron chi connectivity index (χ1n) is 7.35. The van der Waals surface area contributed by atoms with Gasteiger partial charge in [0, 0.05) is 11.8 Å². The van der Waals surface area contributed by atoms with Gasteiger partial charge >= 0.3 is 0 Å². The van der Waals surface area contributed by atoms with Crippen molar-refractivity contribution in [1.29, 1.82) is 0 Å². The van der Waals surface area contributed by atoms with Crippen molar-refractivity contribution in [1.82, 2.24) is 10.2 Å². The van der Waals surface area contributed by atoms with Gasteiger partial charge in [0.15, 0.2) is 0 Å². The van der Waals surface area contributed by atoms with Crippen molar-refractivity contribution in [2.45, 2.75) is 64.7 Å². The van der Waals surface area contributed by atoms with Crippen LogP contribution in [0.3, 0.4) is 0 Å². The Morgan fingerprint density at radius 2 is 2.11 bits per heavy atom. The molecule has 2 rings (SSSR count). The Labute approximate surface area is 119 Å². The van der Waals surface area contributed by atoms with Crippen LogP contribution in [0.2, 0.25) is 0 Å². The second kappa shape index (κ2) is 6.98. The number of nitrogens with one attached hydrogen (secondary N) is 1. The number of hydrogen-bond acceptors (Lipinski definition) is 4.